The fourth-order valence-electron chi connectivity index (χ4n) is 4.07. The molecule has 2 aromatic carbocycles. The van der Waals surface area contributed by atoms with Crippen molar-refractivity contribution >= 4 is 35.2 Å². The molecule has 28 heavy (non-hydrogen) atoms. The maximum Gasteiger partial charge on any atom is 0.342 e. The van der Waals surface area contributed by atoms with Crippen LogP contribution in [0.1, 0.15) is 11.5 Å². The number of phenols is 1. The number of nitrogens with two attached hydrogens (primary N) is 1. The summed E-state index contributed by atoms with van der Waals surface area (Å²) in [6, 6.07) is 13.1. The van der Waals surface area contributed by atoms with Crippen LogP contribution in [0.4, 0.5) is 5.69 Å². The molecule has 8 heteroatoms. The molecule has 0 aliphatic carbocycles. The Morgan fingerprint density at radius 2 is 1.79 bits per heavy atom. The zero-order chi connectivity index (χ0) is 19.6. The number of para-hydroxylation sites is 1. The van der Waals surface area contributed by atoms with E-state index in [1.807, 2.05) is 0 Å². The first-order chi connectivity index (χ1) is 13.5. The van der Waals surface area contributed by atoms with Crippen LogP contribution in [0.3, 0.4) is 0 Å². The highest BCUT2D eigenvalue weighted by Crippen LogP contribution is 2.54. The van der Waals surface area contributed by atoms with Gasteiger partial charge < -0.3 is 15.6 Å². The fourth-order valence-corrected chi connectivity index (χ4v) is 5.31. The van der Waals surface area contributed by atoms with E-state index in [1.54, 1.807) is 36.4 Å². The minimum atomic E-state index is -0.781. The number of ether oxygens (including phenoxy) is 1. The van der Waals surface area contributed by atoms with Crippen molar-refractivity contribution in [3.63, 3.8) is 0 Å². The largest absolute Gasteiger partial charge is 0.508 e. The third kappa shape index (κ3) is 2.21. The molecule has 0 unspecified atom stereocenters. The highest BCUT2D eigenvalue weighted by Gasteiger charge is 2.58. The number of nitrogens with zero attached hydrogens (tertiary/aromatic N) is 1. The SMILES string of the molecule is NC1=C2C(=O)Oc3cc(O)ccc3[C@@H]2[C@H]2C(=O)N(c3ccccc3)C(=O)[C@@H]2S1. The number of rotatable bonds is 1. The average Bonchev–Trinajstić information content (AvgIpc) is 2.92. The molecule has 2 amide bonds. The van der Waals surface area contributed by atoms with Crippen LogP contribution in [-0.4, -0.2) is 28.1 Å². The summed E-state index contributed by atoms with van der Waals surface area (Å²) >= 11 is 1.03. The van der Waals surface area contributed by atoms with Crippen LogP contribution in [0.25, 0.3) is 0 Å². The van der Waals surface area contributed by atoms with E-state index in [2.05, 4.69) is 0 Å². The van der Waals surface area contributed by atoms with Gasteiger partial charge in [0, 0.05) is 17.5 Å². The number of thioether (sulfide) groups is 1. The summed E-state index contributed by atoms with van der Waals surface area (Å²) < 4.78 is 5.31. The first-order valence-electron chi connectivity index (χ1n) is 8.61. The molecule has 1 saturated heterocycles. The summed E-state index contributed by atoms with van der Waals surface area (Å²) in [5.41, 5.74) is 7.36. The van der Waals surface area contributed by atoms with E-state index in [-0.39, 0.29) is 33.9 Å². The van der Waals surface area contributed by atoms with Crippen molar-refractivity contribution in [2.24, 2.45) is 11.7 Å². The maximum atomic E-state index is 13.3. The summed E-state index contributed by atoms with van der Waals surface area (Å²) in [5, 5.41) is 9.19. The Balaban J connectivity index is 1.68. The molecule has 0 bridgehead atoms. The molecule has 5 rings (SSSR count). The van der Waals surface area contributed by atoms with E-state index >= 15 is 0 Å². The topological polar surface area (TPSA) is 110 Å². The predicted octanol–water partition coefficient (Wildman–Crippen LogP) is 1.87. The van der Waals surface area contributed by atoms with E-state index in [0.29, 0.717) is 11.3 Å². The third-order valence-corrected chi connectivity index (χ3v) is 6.48. The predicted molar refractivity (Wildman–Crippen MR) is 102 cm³/mol. The van der Waals surface area contributed by atoms with E-state index in [4.69, 9.17) is 10.5 Å². The van der Waals surface area contributed by atoms with Gasteiger partial charge in [-0.1, -0.05) is 36.0 Å². The molecule has 3 aliphatic heterocycles. The molecule has 0 radical (unpaired) electrons. The molecule has 140 valence electrons. The van der Waals surface area contributed by atoms with Crippen molar-refractivity contribution in [3.8, 4) is 11.5 Å². The zero-order valence-corrected chi connectivity index (χ0v) is 15.2. The molecule has 1 fully saturated rings. The Bertz CT molecular complexity index is 1080. The first kappa shape index (κ1) is 16.9. The van der Waals surface area contributed by atoms with Gasteiger partial charge in [0.05, 0.1) is 22.2 Å². The van der Waals surface area contributed by atoms with Crippen molar-refractivity contribution in [1.82, 2.24) is 0 Å². The fraction of sp³-hybridized carbons (Fsp3) is 0.150. The van der Waals surface area contributed by atoms with E-state index in [0.717, 1.165) is 11.8 Å². The minimum absolute atomic E-state index is 0.0616. The number of anilines is 1. The second kappa shape index (κ2) is 5.87. The number of amides is 2. The maximum absolute atomic E-state index is 13.3. The average molecular weight is 394 g/mol. The van der Waals surface area contributed by atoms with Gasteiger partial charge in [-0.3, -0.25) is 9.59 Å². The third-order valence-electron chi connectivity index (χ3n) is 5.25. The monoisotopic (exact) mass is 394 g/mol. The van der Waals surface area contributed by atoms with Gasteiger partial charge >= 0.3 is 5.97 Å². The van der Waals surface area contributed by atoms with Gasteiger partial charge in [-0.15, -0.1) is 0 Å². The molecular weight excluding hydrogens is 380 g/mol. The molecule has 3 N–H and O–H groups in total. The van der Waals surface area contributed by atoms with Gasteiger partial charge in [-0.25, -0.2) is 9.69 Å². The van der Waals surface area contributed by atoms with Crippen LogP contribution in [0.5, 0.6) is 11.5 Å². The molecule has 0 spiro atoms. The van der Waals surface area contributed by atoms with Crippen LogP contribution in [0.15, 0.2) is 59.1 Å². The molecular formula is C20H14N2O5S. The van der Waals surface area contributed by atoms with Crippen molar-refractivity contribution in [2.45, 2.75) is 11.2 Å². The zero-order valence-electron chi connectivity index (χ0n) is 14.4. The number of aromatic hydroxyl groups is 1. The smallest absolute Gasteiger partial charge is 0.342 e. The van der Waals surface area contributed by atoms with Crippen LogP contribution in [0.2, 0.25) is 0 Å². The standard InChI is InChI=1S/C20H14N2O5S/c21-17-15-13(11-7-6-10(23)8-12(11)27-20(15)26)14-16(28-17)19(25)22(18(14)24)9-4-2-1-3-5-9/h1-8,13-14,16,23H,21H2/t13-,14-,16-/m1/s1. The Hall–Kier alpha value is -3.26. The lowest BCUT2D eigenvalue weighted by Gasteiger charge is -2.36. The summed E-state index contributed by atoms with van der Waals surface area (Å²) in [7, 11) is 0. The van der Waals surface area contributed by atoms with Gasteiger partial charge in [0.25, 0.3) is 0 Å². The van der Waals surface area contributed by atoms with Gasteiger partial charge in [0.2, 0.25) is 11.8 Å². The minimum Gasteiger partial charge on any atom is -0.508 e. The number of esters is 1. The molecule has 3 atom stereocenters. The lowest BCUT2D eigenvalue weighted by atomic mass is 9.77. The Labute approximate surface area is 163 Å². The van der Waals surface area contributed by atoms with E-state index in [1.165, 1.54) is 17.0 Å². The highest BCUT2D eigenvalue weighted by atomic mass is 32.2. The lowest BCUT2D eigenvalue weighted by Crippen LogP contribution is -2.39. The number of carbonyl (C=O) groups excluding carboxylic acids is 3. The van der Waals surface area contributed by atoms with Crippen LogP contribution < -0.4 is 15.4 Å². The van der Waals surface area contributed by atoms with Gasteiger partial charge in [0.15, 0.2) is 0 Å². The number of benzene rings is 2. The summed E-state index contributed by atoms with van der Waals surface area (Å²) in [4.78, 5) is 40.1. The first-order valence-corrected chi connectivity index (χ1v) is 9.49. The Morgan fingerprint density at radius 3 is 2.54 bits per heavy atom. The summed E-state index contributed by atoms with van der Waals surface area (Å²) in [5.74, 6) is -2.76. The van der Waals surface area contributed by atoms with Crippen molar-refractivity contribution in [1.29, 1.82) is 0 Å². The molecule has 2 aromatic rings. The second-order valence-electron chi connectivity index (χ2n) is 6.78. The summed E-state index contributed by atoms with van der Waals surface area (Å²) in [6.45, 7) is 0. The quantitative estimate of drug-likeness (QED) is 0.432. The Morgan fingerprint density at radius 1 is 1.04 bits per heavy atom. The van der Waals surface area contributed by atoms with E-state index in [9.17, 15) is 19.5 Å². The molecule has 3 heterocycles. The number of imide groups is 1. The molecule has 7 nitrogen and oxygen atoms in total. The van der Waals surface area contributed by atoms with Crippen molar-refractivity contribution in [2.75, 3.05) is 4.90 Å². The van der Waals surface area contributed by atoms with Crippen molar-refractivity contribution in [3.05, 3.63) is 64.7 Å². The summed E-state index contributed by atoms with van der Waals surface area (Å²) in [6.07, 6.45) is 0. The molecule has 3 aliphatic rings. The van der Waals surface area contributed by atoms with Gasteiger partial charge in [0.1, 0.15) is 16.7 Å². The van der Waals surface area contributed by atoms with Crippen LogP contribution in [0, 0.1) is 5.92 Å². The number of phenolic OH excluding ortho intramolecular Hbond substituents is 1. The van der Waals surface area contributed by atoms with Gasteiger partial charge in [-0.05, 0) is 18.2 Å². The van der Waals surface area contributed by atoms with E-state index < -0.39 is 23.1 Å². The Kier molecular flexibility index (Phi) is 3.54. The highest BCUT2D eigenvalue weighted by molar-refractivity contribution is 8.04. The lowest BCUT2D eigenvalue weighted by molar-refractivity contribution is -0.131. The normalized spacial score (nSPS) is 25.9. The molecule has 0 aromatic heterocycles. The van der Waals surface area contributed by atoms with Gasteiger partial charge in [-0.2, -0.15) is 0 Å². The number of fused-ring (bicyclic) bond motifs is 5. The molecule has 0 saturated carbocycles. The second-order valence-corrected chi connectivity index (χ2v) is 7.96. The van der Waals surface area contributed by atoms with Crippen molar-refractivity contribution < 1.29 is 24.2 Å². The number of carbonyl (C=O) groups is 3. The number of hydrogen-bond donors (Lipinski definition) is 2. The van der Waals surface area contributed by atoms with Crippen LogP contribution in [-0.2, 0) is 14.4 Å². The van der Waals surface area contributed by atoms with Crippen LogP contribution >= 0.6 is 11.8 Å². The number of hydrogen-bond acceptors (Lipinski definition) is 7.